The number of hydrogen-bond donors (Lipinski definition) is 2. The van der Waals surface area contributed by atoms with Crippen molar-refractivity contribution >= 4 is 11.4 Å². The molecule has 0 atom stereocenters. The number of nitrogens with zero attached hydrogens (tertiary/aromatic N) is 1. The molecule has 0 bridgehead atoms. The molecular weight excluding hydrogens is 246 g/mol. The molecule has 3 heteroatoms. The predicted octanol–water partition coefficient (Wildman–Crippen LogP) is 4.16. The van der Waals surface area contributed by atoms with E-state index in [0.717, 1.165) is 18.5 Å². The van der Waals surface area contributed by atoms with E-state index in [1.807, 2.05) is 12.1 Å². The van der Waals surface area contributed by atoms with Crippen LogP contribution >= 0.6 is 0 Å². The molecule has 1 aliphatic carbocycles. The van der Waals surface area contributed by atoms with Crippen molar-refractivity contribution in [3.8, 4) is 6.07 Å². The zero-order valence-corrected chi connectivity index (χ0v) is 13.0. The van der Waals surface area contributed by atoms with E-state index in [2.05, 4.69) is 39.1 Å². The molecule has 0 aliphatic heterocycles. The first-order valence-electron chi connectivity index (χ1n) is 7.28. The molecule has 1 fully saturated rings. The minimum absolute atomic E-state index is 0.334. The fraction of sp³-hybridized carbons (Fsp3) is 0.588. The quantitative estimate of drug-likeness (QED) is 0.794. The molecule has 1 aromatic rings. The van der Waals surface area contributed by atoms with Crippen LogP contribution in [-0.2, 0) is 0 Å². The third kappa shape index (κ3) is 3.25. The van der Waals surface area contributed by atoms with Crippen LogP contribution in [0.3, 0.4) is 0 Å². The van der Waals surface area contributed by atoms with Gasteiger partial charge >= 0.3 is 0 Å². The Hall–Kier alpha value is -1.69. The number of nitrogens with two attached hydrogens (primary N) is 1. The maximum Gasteiger partial charge on any atom is 0.101 e. The summed E-state index contributed by atoms with van der Waals surface area (Å²) < 4.78 is 0. The largest absolute Gasteiger partial charge is 0.396 e. The first-order chi connectivity index (χ1) is 9.22. The number of para-hydroxylation sites is 1. The molecule has 0 saturated heterocycles. The van der Waals surface area contributed by atoms with Crippen LogP contribution in [0.1, 0.15) is 52.5 Å². The monoisotopic (exact) mass is 271 g/mol. The third-order valence-corrected chi connectivity index (χ3v) is 4.14. The average Bonchev–Trinajstić information content (AvgIpc) is 2.27. The molecule has 20 heavy (non-hydrogen) atoms. The van der Waals surface area contributed by atoms with E-state index in [1.54, 1.807) is 6.07 Å². The molecule has 0 heterocycles. The van der Waals surface area contributed by atoms with Crippen LogP contribution in [0.2, 0.25) is 0 Å². The maximum atomic E-state index is 9.06. The van der Waals surface area contributed by atoms with Gasteiger partial charge in [-0.3, -0.25) is 0 Å². The lowest BCUT2D eigenvalue weighted by Crippen LogP contribution is -2.40. The SMILES string of the molecule is CC1(C)CC(Nc2cccc(C#N)c2N)CC(C)(C)C1. The number of nitrogen functional groups attached to an aromatic ring is 1. The lowest BCUT2D eigenvalue weighted by atomic mass is 9.63. The second-order valence-electron chi connectivity index (χ2n) is 7.63. The van der Waals surface area contributed by atoms with E-state index >= 15 is 0 Å². The normalized spacial score (nSPS) is 21.1. The Kier molecular flexibility index (Phi) is 3.69. The zero-order valence-electron chi connectivity index (χ0n) is 13.0. The number of nitrogens with one attached hydrogen (secondary N) is 1. The molecular formula is C17H25N3. The van der Waals surface area contributed by atoms with Crippen molar-refractivity contribution in [1.29, 1.82) is 5.26 Å². The lowest BCUT2D eigenvalue weighted by molar-refractivity contribution is 0.105. The first-order valence-corrected chi connectivity index (χ1v) is 7.28. The number of nitriles is 1. The molecule has 2 rings (SSSR count). The van der Waals surface area contributed by atoms with Crippen LogP contribution in [0.4, 0.5) is 11.4 Å². The van der Waals surface area contributed by atoms with Crippen molar-refractivity contribution in [2.24, 2.45) is 10.8 Å². The Morgan fingerprint density at radius 1 is 1.20 bits per heavy atom. The van der Waals surface area contributed by atoms with E-state index in [4.69, 9.17) is 11.0 Å². The van der Waals surface area contributed by atoms with Crippen molar-refractivity contribution in [3.63, 3.8) is 0 Å². The van der Waals surface area contributed by atoms with Crippen molar-refractivity contribution in [2.75, 3.05) is 11.1 Å². The molecule has 0 radical (unpaired) electrons. The Labute approximate surface area is 122 Å². The average molecular weight is 271 g/mol. The second-order valence-corrected chi connectivity index (χ2v) is 7.63. The first kappa shape index (κ1) is 14.7. The summed E-state index contributed by atoms with van der Waals surface area (Å²) >= 11 is 0. The zero-order chi connectivity index (χ0) is 15.0. The molecule has 0 unspecified atom stereocenters. The molecule has 108 valence electrons. The highest BCUT2D eigenvalue weighted by atomic mass is 14.9. The lowest BCUT2D eigenvalue weighted by Gasteiger charge is -2.45. The third-order valence-electron chi connectivity index (χ3n) is 4.14. The van der Waals surface area contributed by atoms with E-state index in [9.17, 15) is 0 Å². The van der Waals surface area contributed by atoms with E-state index in [0.29, 0.717) is 28.1 Å². The number of anilines is 2. The van der Waals surface area contributed by atoms with Crippen molar-refractivity contribution in [1.82, 2.24) is 0 Å². The Morgan fingerprint density at radius 2 is 1.80 bits per heavy atom. The summed E-state index contributed by atoms with van der Waals surface area (Å²) in [6.07, 6.45) is 3.51. The van der Waals surface area contributed by atoms with Gasteiger partial charge in [0, 0.05) is 6.04 Å². The topological polar surface area (TPSA) is 61.8 Å². The summed E-state index contributed by atoms with van der Waals surface area (Å²) in [5.41, 5.74) is 8.73. The van der Waals surface area contributed by atoms with Gasteiger partial charge in [-0.1, -0.05) is 33.8 Å². The van der Waals surface area contributed by atoms with Gasteiger partial charge in [0.25, 0.3) is 0 Å². The van der Waals surface area contributed by atoms with Crippen molar-refractivity contribution in [3.05, 3.63) is 23.8 Å². The van der Waals surface area contributed by atoms with Crippen LogP contribution in [0.15, 0.2) is 18.2 Å². The maximum absolute atomic E-state index is 9.06. The molecule has 0 spiro atoms. The summed E-state index contributed by atoms with van der Waals surface area (Å²) in [5, 5.41) is 12.6. The van der Waals surface area contributed by atoms with Crippen LogP contribution in [0.25, 0.3) is 0 Å². The van der Waals surface area contributed by atoms with E-state index in [-0.39, 0.29) is 0 Å². The van der Waals surface area contributed by atoms with Crippen molar-refractivity contribution < 1.29 is 0 Å². The van der Waals surface area contributed by atoms with Crippen LogP contribution < -0.4 is 11.1 Å². The Bertz CT molecular complexity index is 522. The van der Waals surface area contributed by atoms with Crippen LogP contribution in [0, 0.1) is 22.2 Å². The molecule has 1 aromatic carbocycles. The summed E-state index contributed by atoms with van der Waals surface area (Å²) in [6.45, 7) is 9.32. The standard InChI is InChI=1S/C17H25N3/c1-16(2)8-13(9-17(3,4)11-16)20-14-7-5-6-12(10-18)15(14)19/h5-7,13,20H,8-9,11,19H2,1-4H3. The van der Waals surface area contributed by atoms with E-state index in [1.165, 1.54) is 6.42 Å². The van der Waals surface area contributed by atoms with Gasteiger partial charge in [0.2, 0.25) is 0 Å². The minimum atomic E-state index is 0.334. The molecule has 1 aliphatic rings. The number of benzene rings is 1. The highest BCUT2D eigenvalue weighted by Gasteiger charge is 2.38. The smallest absolute Gasteiger partial charge is 0.101 e. The van der Waals surface area contributed by atoms with Gasteiger partial charge < -0.3 is 11.1 Å². The van der Waals surface area contributed by atoms with Gasteiger partial charge in [-0.25, -0.2) is 0 Å². The Balaban J connectivity index is 2.20. The second kappa shape index (κ2) is 5.01. The van der Waals surface area contributed by atoms with Crippen molar-refractivity contribution in [2.45, 2.75) is 53.0 Å². The summed E-state index contributed by atoms with van der Waals surface area (Å²) in [5.74, 6) is 0. The van der Waals surface area contributed by atoms with Gasteiger partial charge in [-0.05, 0) is 42.2 Å². The van der Waals surface area contributed by atoms with Crippen LogP contribution in [0.5, 0.6) is 0 Å². The fourth-order valence-electron chi connectivity index (χ4n) is 3.96. The highest BCUT2D eigenvalue weighted by Crippen LogP contribution is 2.46. The van der Waals surface area contributed by atoms with Gasteiger partial charge in [-0.15, -0.1) is 0 Å². The molecule has 0 amide bonds. The van der Waals surface area contributed by atoms with Gasteiger partial charge in [0.1, 0.15) is 6.07 Å². The molecule has 3 N–H and O–H groups in total. The highest BCUT2D eigenvalue weighted by molar-refractivity contribution is 5.73. The van der Waals surface area contributed by atoms with Gasteiger partial charge in [-0.2, -0.15) is 5.26 Å². The number of rotatable bonds is 2. The summed E-state index contributed by atoms with van der Waals surface area (Å²) in [6, 6.07) is 8.16. The van der Waals surface area contributed by atoms with Gasteiger partial charge in [0.15, 0.2) is 0 Å². The number of hydrogen-bond acceptors (Lipinski definition) is 3. The minimum Gasteiger partial charge on any atom is -0.396 e. The molecule has 0 aromatic heterocycles. The van der Waals surface area contributed by atoms with Gasteiger partial charge in [0.05, 0.1) is 16.9 Å². The molecule has 1 saturated carbocycles. The predicted molar refractivity (Wildman–Crippen MR) is 84.4 cm³/mol. The van der Waals surface area contributed by atoms with E-state index < -0.39 is 0 Å². The summed E-state index contributed by atoms with van der Waals surface area (Å²) in [7, 11) is 0. The van der Waals surface area contributed by atoms with Crippen LogP contribution in [-0.4, -0.2) is 6.04 Å². The Morgan fingerprint density at radius 3 is 2.35 bits per heavy atom. The fourth-order valence-corrected chi connectivity index (χ4v) is 3.96. The molecule has 3 nitrogen and oxygen atoms in total. The summed E-state index contributed by atoms with van der Waals surface area (Å²) in [4.78, 5) is 0.